The summed E-state index contributed by atoms with van der Waals surface area (Å²) in [5.41, 5.74) is 0.976. The highest BCUT2D eigenvalue weighted by Gasteiger charge is 2.34. The van der Waals surface area contributed by atoms with Crippen molar-refractivity contribution in [2.75, 3.05) is 18.5 Å². The number of ether oxygens (including phenoxy) is 3. The molecule has 0 aliphatic heterocycles. The van der Waals surface area contributed by atoms with Crippen molar-refractivity contribution in [3.05, 3.63) is 65.2 Å². The van der Waals surface area contributed by atoms with Gasteiger partial charge in [-0.1, -0.05) is 52.7 Å². The number of nitrogens with one attached hydrogen (secondary N) is 1. The number of anilines is 1. The first-order valence-electron chi connectivity index (χ1n) is 13.7. The summed E-state index contributed by atoms with van der Waals surface area (Å²) in [7, 11) is 0. The molecule has 210 valence electrons. The van der Waals surface area contributed by atoms with E-state index in [1.165, 1.54) is 12.1 Å². The van der Waals surface area contributed by atoms with E-state index in [2.05, 4.69) is 26.1 Å². The average molecular weight is 538 g/mol. The van der Waals surface area contributed by atoms with E-state index in [1.807, 2.05) is 6.92 Å². The molecule has 1 aliphatic rings. The molecule has 3 atom stereocenters. The third-order valence-corrected chi connectivity index (χ3v) is 7.06. The second-order valence-electron chi connectivity index (χ2n) is 10.5. The van der Waals surface area contributed by atoms with Gasteiger partial charge in [0.05, 0.1) is 23.3 Å². The lowest BCUT2D eigenvalue weighted by Gasteiger charge is -2.36. The van der Waals surface area contributed by atoms with E-state index < -0.39 is 30.4 Å². The normalized spacial score (nSPS) is 18.7. The first kappa shape index (κ1) is 29.9. The Balaban J connectivity index is 1.56. The van der Waals surface area contributed by atoms with Gasteiger partial charge in [0.2, 0.25) is 0 Å². The monoisotopic (exact) mass is 537 g/mol. The molecule has 1 N–H and O–H groups in total. The van der Waals surface area contributed by atoms with Crippen LogP contribution in [0.4, 0.5) is 5.69 Å². The summed E-state index contributed by atoms with van der Waals surface area (Å²) < 4.78 is 16.3. The van der Waals surface area contributed by atoms with Crippen LogP contribution in [0.1, 0.15) is 90.9 Å². The predicted octanol–water partition coefficient (Wildman–Crippen LogP) is 6.06. The number of hydrogen-bond acceptors (Lipinski definition) is 7. The minimum Gasteiger partial charge on any atom is -0.462 e. The Kier molecular flexibility index (Phi) is 11.1. The summed E-state index contributed by atoms with van der Waals surface area (Å²) in [5, 5.41) is 2.62. The van der Waals surface area contributed by atoms with E-state index in [0.29, 0.717) is 29.7 Å². The molecule has 1 saturated carbocycles. The van der Waals surface area contributed by atoms with Gasteiger partial charge in [0.15, 0.2) is 6.61 Å². The van der Waals surface area contributed by atoms with E-state index in [1.54, 1.807) is 36.4 Å². The lowest BCUT2D eigenvalue weighted by atomic mass is 9.75. The smallest absolute Gasteiger partial charge is 0.339 e. The molecule has 2 aromatic rings. The maximum atomic E-state index is 13.1. The van der Waals surface area contributed by atoms with Gasteiger partial charge >= 0.3 is 17.9 Å². The van der Waals surface area contributed by atoms with E-state index >= 15 is 0 Å². The summed E-state index contributed by atoms with van der Waals surface area (Å²) in [4.78, 5) is 50.3. The summed E-state index contributed by atoms with van der Waals surface area (Å²) in [6.45, 7) is 8.25. The molecule has 0 radical (unpaired) electrons. The Bertz CT molecular complexity index is 1140. The molecule has 1 aliphatic carbocycles. The van der Waals surface area contributed by atoms with Crippen LogP contribution in [-0.2, 0) is 19.0 Å². The summed E-state index contributed by atoms with van der Waals surface area (Å²) in [6, 6.07) is 12.5. The average Bonchev–Trinajstić information content (AvgIpc) is 2.92. The molecule has 0 bridgehead atoms. The number of rotatable bonds is 11. The molecule has 0 spiro atoms. The molecular weight excluding hydrogens is 498 g/mol. The van der Waals surface area contributed by atoms with E-state index in [4.69, 9.17) is 14.2 Å². The zero-order valence-corrected chi connectivity index (χ0v) is 23.2. The number of carbonyl (C=O) groups excluding carboxylic acids is 4. The van der Waals surface area contributed by atoms with Crippen LogP contribution in [0.3, 0.4) is 0 Å². The maximum absolute atomic E-state index is 13.1. The highest BCUT2D eigenvalue weighted by Crippen LogP contribution is 2.36. The number of hydrogen-bond donors (Lipinski definition) is 1. The molecule has 0 unspecified atom stereocenters. The quantitative estimate of drug-likeness (QED) is 0.211. The molecule has 3 rings (SSSR count). The van der Waals surface area contributed by atoms with Crippen molar-refractivity contribution in [1.29, 1.82) is 0 Å². The fourth-order valence-corrected chi connectivity index (χ4v) is 4.78. The maximum Gasteiger partial charge on any atom is 0.339 e. The molecule has 2 aromatic carbocycles. The van der Waals surface area contributed by atoms with Gasteiger partial charge in [0, 0.05) is 5.69 Å². The van der Waals surface area contributed by atoms with Gasteiger partial charge in [0.1, 0.15) is 6.10 Å². The van der Waals surface area contributed by atoms with Crippen molar-refractivity contribution in [2.24, 2.45) is 17.8 Å². The van der Waals surface area contributed by atoms with E-state index in [-0.39, 0.29) is 23.1 Å². The van der Waals surface area contributed by atoms with Crippen LogP contribution in [0.2, 0.25) is 0 Å². The molecule has 8 heteroatoms. The Morgan fingerprint density at radius 1 is 0.897 bits per heavy atom. The third-order valence-electron chi connectivity index (χ3n) is 7.06. The number of benzene rings is 2. The van der Waals surface area contributed by atoms with Crippen molar-refractivity contribution < 1.29 is 33.4 Å². The van der Waals surface area contributed by atoms with Crippen molar-refractivity contribution >= 4 is 29.5 Å². The van der Waals surface area contributed by atoms with Crippen LogP contribution in [0.15, 0.2) is 48.5 Å². The van der Waals surface area contributed by atoms with Crippen LogP contribution < -0.4 is 5.32 Å². The molecular formula is C31H39NO7. The van der Waals surface area contributed by atoms with Crippen LogP contribution in [0, 0.1) is 17.8 Å². The van der Waals surface area contributed by atoms with Gasteiger partial charge in [-0.3, -0.25) is 4.79 Å². The van der Waals surface area contributed by atoms with Crippen molar-refractivity contribution in [3.63, 3.8) is 0 Å². The molecule has 1 fully saturated rings. The van der Waals surface area contributed by atoms with Crippen molar-refractivity contribution in [2.45, 2.75) is 65.9 Å². The molecule has 0 aromatic heterocycles. The molecule has 39 heavy (non-hydrogen) atoms. The number of amides is 1. The van der Waals surface area contributed by atoms with Gasteiger partial charge in [-0.15, -0.1) is 0 Å². The van der Waals surface area contributed by atoms with Crippen molar-refractivity contribution in [1.82, 2.24) is 0 Å². The minimum absolute atomic E-state index is 0.0474. The largest absolute Gasteiger partial charge is 0.462 e. The highest BCUT2D eigenvalue weighted by molar-refractivity contribution is 6.04. The highest BCUT2D eigenvalue weighted by atomic mass is 16.5. The topological polar surface area (TPSA) is 108 Å². The fourth-order valence-electron chi connectivity index (χ4n) is 4.78. The van der Waals surface area contributed by atoms with Gasteiger partial charge < -0.3 is 19.5 Å². The van der Waals surface area contributed by atoms with Gasteiger partial charge in [-0.05, 0) is 73.4 Å². The molecule has 1 amide bonds. The molecule has 0 heterocycles. The molecule has 8 nitrogen and oxygen atoms in total. The van der Waals surface area contributed by atoms with Gasteiger partial charge in [0.25, 0.3) is 5.91 Å². The van der Waals surface area contributed by atoms with Crippen LogP contribution in [0.5, 0.6) is 0 Å². The molecule has 0 saturated heterocycles. The van der Waals surface area contributed by atoms with Crippen LogP contribution in [-0.4, -0.2) is 43.1 Å². The van der Waals surface area contributed by atoms with E-state index in [9.17, 15) is 19.2 Å². The van der Waals surface area contributed by atoms with Gasteiger partial charge in [-0.25, -0.2) is 14.4 Å². The Morgan fingerprint density at radius 2 is 1.56 bits per heavy atom. The van der Waals surface area contributed by atoms with Crippen molar-refractivity contribution in [3.8, 4) is 0 Å². The van der Waals surface area contributed by atoms with Crippen LogP contribution in [0.25, 0.3) is 0 Å². The summed E-state index contributed by atoms with van der Waals surface area (Å²) >= 11 is 0. The second-order valence-corrected chi connectivity index (χ2v) is 10.5. The fraction of sp³-hybridized carbons (Fsp3) is 0.484. The predicted molar refractivity (Wildman–Crippen MR) is 148 cm³/mol. The Hall–Kier alpha value is -3.68. The lowest BCUT2D eigenvalue weighted by Crippen LogP contribution is -2.36. The summed E-state index contributed by atoms with van der Waals surface area (Å²) in [5.74, 6) is -1.22. The lowest BCUT2D eigenvalue weighted by molar-refractivity contribution is -0.119. The first-order chi connectivity index (χ1) is 18.7. The Labute approximate surface area is 230 Å². The standard InChI is InChI=1S/C31H39NO7/c1-5-6-17-37-29(34)22-12-14-23(15-13-22)32-28(33)19-38-30(35)25-9-7-8-10-26(25)31(36)39-27-18-21(4)11-16-24(27)20(2)3/h7-10,12-15,20-21,24,27H,5-6,11,16-19H2,1-4H3,(H,32,33)/t21-,24-,27-/m1/s1. The number of carbonyl (C=O) groups is 4. The number of esters is 3. The van der Waals surface area contributed by atoms with Gasteiger partial charge in [-0.2, -0.15) is 0 Å². The zero-order chi connectivity index (χ0) is 28.4. The number of unbranched alkanes of at least 4 members (excludes halogenated alkanes) is 1. The van der Waals surface area contributed by atoms with Crippen LogP contribution >= 0.6 is 0 Å². The first-order valence-corrected chi connectivity index (χ1v) is 13.7. The summed E-state index contributed by atoms with van der Waals surface area (Å²) in [6.07, 6.45) is 4.42. The SMILES string of the molecule is CCCCOC(=O)c1ccc(NC(=O)COC(=O)c2ccccc2C(=O)O[C@@H]2C[C@H](C)CC[C@@H]2C(C)C)cc1. The third kappa shape index (κ3) is 8.67. The Morgan fingerprint density at radius 3 is 2.21 bits per heavy atom. The zero-order valence-electron chi connectivity index (χ0n) is 23.2. The minimum atomic E-state index is -0.791. The van der Waals surface area contributed by atoms with E-state index in [0.717, 1.165) is 32.1 Å². The second kappa shape index (κ2) is 14.5.